The molecule has 3 heteroatoms. The molecule has 1 saturated carbocycles. The molecule has 2 aliphatic rings. The molecule has 1 amide bonds. The average molecular weight is 266 g/mol. The van der Waals surface area contributed by atoms with E-state index in [4.69, 9.17) is 0 Å². The molecule has 1 aliphatic carbocycles. The van der Waals surface area contributed by atoms with E-state index in [1.807, 2.05) is 0 Å². The van der Waals surface area contributed by atoms with Crippen molar-refractivity contribution in [2.24, 2.45) is 11.8 Å². The van der Waals surface area contributed by atoms with E-state index >= 15 is 0 Å². The summed E-state index contributed by atoms with van der Waals surface area (Å²) >= 11 is 0. The molecule has 3 nitrogen and oxygen atoms in total. The number of carbonyl (C=O) groups is 1. The fraction of sp³-hybridized carbons (Fsp3) is 0.938. The maximum absolute atomic E-state index is 12.4. The highest BCUT2D eigenvalue weighted by Crippen LogP contribution is 2.29. The summed E-state index contributed by atoms with van der Waals surface area (Å²) < 4.78 is 0. The van der Waals surface area contributed by atoms with Crippen LogP contribution in [0.15, 0.2) is 0 Å². The normalized spacial score (nSPS) is 20.8. The summed E-state index contributed by atoms with van der Waals surface area (Å²) in [6, 6.07) is 0.583. The maximum atomic E-state index is 12.4. The Morgan fingerprint density at radius 1 is 1.21 bits per heavy atom. The minimum Gasteiger partial charge on any atom is -0.340 e. The Balaban J connectivity index is 1.72. The Kier molecular flexibility index (Phi) is 5.68. The molecule has 1 saturated heterocycles. The molecule has 0 radical (unpaired) electrons. The van der Waals surface area contributed by atoms with E-state index < -0.39 is 0 Å². The predicted octanol–water partition coefficient (Wildman–Crippen LogP) is 2.80. The molecule has 1 heterocycles. The highest BCUT2D eigenvalue weighted by atomic mass is 16.2. The van der Waals surface area contributed by atoms with Gasteiger partial charge in [0, 0.05) is 19.0 Å². The van der Waals surface area contributed by atoms with Gasteiger partial charge in [0.1, 0.15) is 0 Å². The molecule has 0 atom stereocenters. The van der Waals surface area contributed by atoms with Crippen molar-refractivity contribution in [3.8, 4) is 0 Å². The first-order valence-electron chi connectivity index (χ1n) is 8.17. The molecule has 0 aromatic rings. The third kappa shape index (κ3) is 5.13. The summed E-state index contributed by atoms with van der Waals surface area (Å²) in [5.41, 5.74) is 0. The van der Waals surface area contributed by atoms with Gasteiger partial charge in [-0.1, -0.05) is 13.8 Å². The number of hydrogen-bond donors (Lipinski definition) is 1. The van der Waals surface area contributed by atoms with Gasteiger partial charge in [-0.2, -0.15) is 0 Å². The van der Waals surface area contributed by atoms with Gasteiger partial charge >= 0.3 is 0 Å². The molecule has 2 fully saturated rings. The molecular weight excluding hydrogens is 236 g/mol. The number of nitrogens with one attached hydrogen (secondary N) is 1. The molecule has 19 heavy (non-hydrogen) atoms. The van der Waals surface area contributed by atoms with Crippen molar-refractivity contribution in [2.75, 3.05) is 19.6 Å². The Morgan fingerprint density at radius 3 is 2.47 bits per heavy atom. The average Bonchev–Trinajstić information content (AvgIpc) is 3.22. The molecule has 1 N–H and O–H groups in total. The summed E-state index contributed by atoms with van der Waals surface area (Å²) in [6.45, 7) is 7.74. The lowest BCUT2D eigenvalue weighted by Crippen LogP contribution is -2.35. The number of carbonyl (C=O) groups excluding carboxylic acids is 1. The molecule has 110 valence electrons. The van der Waals surface area contributed by atoms with E-state index in [1.54, 1.807) is 0 Å². The van der Waals surface area contributed by atoms with Crippen molar-refractivity contribution in [1.29, 1.82) is 0 Å². The Bertz CT molecular complexity index is 280. The first-order chi connectivity index (χ1) is 9.16. The van der Waals surface area contributed by atoms with Gasteiger partial charge in [0.2, 0.25) is 5.91 Å². The van der Waals surface area contributed by atoms with Gasteiger partial charge < -0.3 is 10.2 Å². The van der Waals surface area contributed by atoms with Gasteiger partial charge in [-0.05, 0) is 63.5 Å². The number of piperidine rings is 1. The molecule has 0 unspecified atom stereocenters. The Labute approximate surface area is 118 Å². The van der Waals surface area contributed by atoms with Gasteiger partial charge in [-0.3, -0.25) is 4.79 Å². The lowest BCUT2D eigenvalue weighted by Gasteiger charge is -2.26. The van der Waals surface area contributed by atoms with Crippen LogP contribution in [0.25, 0.3) is 0 Å². The summed E-state index contributed by atoms with van der Waals surface area (Å²) in [5.74, 6) is 1.89. The fourth-order valence-corrected chi connectivity index (χ4v) is 2.94. The van der Waals surface area contributed by atoms with E-state index in [9.17, 15) is 4.79 Å². The third-order valence-corrected chi connectivity index (χ3v) is 4.48. The first-order valence-corrected chi connectivity index (χ1v) is 8.17. The van der Waals surface area contributed by atoms with Gasteiger partial charge in [-0.15, -0.1) is 0 Å². The molecule has 0 aromatic carbocycles. The van der Waals surface area contributed by atoms with Crippen LogP contribution in [0.4, 0.5) is 0 Å². The molecule has 0 spiro atoms. The molecule has 0 bridgehead atoms. The summed E-state index contributed by atoms with van der Waals surface area (Å²) in [4.78, 5) is 14.6. The lowest BCUT2D eigenvalue weighted by molar-refractivity contribution is -0.132. The minimum atomic E-state index is 0.418. The minimum absolute atomic E-state index is 0.418. The van der Waals surface area contributed by atoms with E-state index in [0.29, 0.717) is 17.9 Å². The second-order valence-electron chi connectivity index (χ2n) is 6.73. The van der Waals surface area contributed by atoms with Crippen molar-refractivity contribution in [1.82, 2.24) is 10.2 Å². The third-order valence-electron chi connectivity index (χ3n) is 4.48. The Hall–Kier alpha value is -0.570. The first kappa shape index (κ1) is 14.8. The summed E-state index contributed by atoms with van der Waals surface area (Å²) in [5, 5.41) is 3.39. The van der Waals surface area contributed by atoms with Crippen LogP contribution in [0.3, 0.4) is 0 Å². The van der Waals surface area contributed by atoms with E-state index in [-0.39, 0.29) is 0 Å². The van der Waals surface area contributed by atoms with Crippen molar-refractivity contribution >= 4 is 5.91 Å². The van der Waals surface area contributed by atoms with Gasteiger partial charge in [0.25, 0.3) is 0 Å². The zero-order valence-corrected chi connectivity index (χ0v) is 12.7. The highest BCUT2D eigenvalue weighted by Gasteiger charge is 2.32. The topological polar surface area (TPSA) is 32.3 Å². The summed E-state index contributed by atoms with van der Waals surface area (Å²) in [6.07, 6.45) is 8.00. The van der Waals surface area contributed by atoms with Crippen LogP contribution in [-0.4, -0.2) is 36.5 Å². The SMILES string of the molecule is CC(C)CCN(C(=O)CCC1CCNCC1)C1CC1. The predicted molar refractivity (Wildman–Crippen MR) is 79.0 cm³/mol. The van der Waals surface area contributed by atoms with Crippen LogP contribution in [0.5, 0.6) is 0 Å². The Morgan fingerprint density at radius 2 is 1.89 bits per heavy atom. The van der Waals surface area contributed by atoms with E-state index in [2.05, 4.69) is 24.1 Å². The fourth-order valence-electron chi connectivity index (χ4n) is 2.94. The van der Waals surface area contributed by atoms with Gasteiger partial charge in [0.15, 0.2) is 0 Å². The molecule has 2 rings (SSSR count). The molecule has 1 aliphatic heterocycles. The number of rotatable bonds is 7. The maximum Gasteiger partial charge on any atom is 0.222 e. The monoisotopic (exact) mass is 266 g/mol. The zero-order chi connectivity index (χ0) is 13.7. The number of hydrogen-bond acceptors (Lipinski definition) is 2. The van der Waals surface area contributed by atoms with E-state index in [0.717, 1.165) is 44.8 Å². The second-order valence-corrected chi connectivity index (χ2v) is 6.73. The largest absolute Gasteiger partial charge is 0.340 e. The van der Waals surface area contributed by atoms with Crippen molar-refractivity contribution in [3.05, 3.63) is 0 Å². The van der Waals surface area contributed by atoms with Gasteiger partial charge in [0.05, 0.1) is 0 Å². The van der Waals surface area contributed by atoms with Crippen LogP contribution in [0.2, 0.25) is 0 Å². The van der Waals surface area contributed by atoms with Crippen LogP contribution in [0, 0.1) is 11.8 Å². The van der Waals surface area contributed by atoms with Crippen molar-refractivity contribution < 1.29 is 4.79 Å². The molecule has 0 aromatic heterocycles. The van der Waals surface area contributed by atoms with Crippen LogP contribution in [-0.2, 0) is 4.79 Å². The second kappa shape index (κ2) is 7.28. The number of nitrogens with zero attached hydrogens (tertiary/aromatic N) is 1. The number of amides is 1. The van der Waals surface area contributed by atoms with Crippen molar-refractivity contribution in [2.45, 2.75) is 64.8 Å². The van der Waals surface area contributed by atoms with Crippen LogP contribution < -0.4 is 5.32 Å². The highest BCUT2D eigenvalue weighted by molar-refractivity contribution is 5.76. The zero-order valence-electron chi connectivity index (χ0n) is 12.7. The smallest absolute Gasteiger partial charge is 0.222 e. The van der Waals surface area contributed by atoms with Crippen molar-refractivity contribution in [3.63, 3.8) is 0 Å². The van der Waals surface area contributed by atoms with E-state index in [1.165, 1.54) is 25.7 Å². The quantitative estimate of drug-likeness (QED) is 0.768. The standard InChI is InChI=1S/C16H30N2O/c1-13(2)9-12-18(15-4-5-15)16(19)6-3-14-7-10-17-11-8-14/h13-15,17H,3-12H2,1-2H3. The lowest BCUT2D eigenvalue weighted by atomic mass is 9.93. The molecular formula is C16H30N2O. The summed E-state index contributed by atoms with van der Waals surface area (Å²) in [7, 11) is 0. The van der Waals surface area contributed by atoms with Crippen LogP contribution in [0.1, 0.15) is 58.8 Å². The van der Waals surface area contributed by atoms with Crippen LogP contribution >= 0.6 is 0 Å². The van der Waals surface area contributed by atoms with Gasteiger partial charge in [-0.25, -0.2) is 0 Å².